The Hall–Kier alpha value is -1.82. The van der Waals surface area contributed by atoms with E-state index >= 15 is 0 Å². The molecule has 0 saturated carbocycles. The normalized spacial score (nSPS) is 17.3. The highest BCUT2D eigenvalue weighted by atomic mass is 32.2. The predicted octanol–water partition coefficient (Wildman–Crippen LogP) is 3.23. The first-order chi connectivity index (χ1) is 9.40. The lowest BCUT2D eigenvalue weighted by Crippen LogP contribution is -2.31. The Balaban J connectivity index is 2.55. The van der Waals surface area contributed by atoms with E-state index in [0.29, 0.717) is 0 Å². The highest BCUT2D eigenvalue weighted by molar-refractivity contribution is 8.15. The van der Waals surface area contributed by atoms with E-state index in [0.717, 1.165) is 28.6 Å². The first-order valence-corrected chi connectivity index (χ1v) is 7.26. The summed E-state index contributed by atoms with van der Waals surface area (Å²) < 4.78 is 0. The standard InChI is InChI=1S/C14H16N2O3S/c1-8(2)10-5-4-9(3)6-11(10)16-12(17)7-20-13(16)15-14(18)19/h4-6,8H,7H2,1-3H3,(H,18,19)/b15-13+. The molecule has 0 radical (unpaired) electrons. The Labute approximate surface area is 121 Å². The van der Waals surface area contributed by atoms with Gasteiger partial charge in [0.05, 0.1) is 11.4 Å². The van der Waals surface area contributed by atoms with Gasteiger partial charge in [-0.25, -0.2) is 4.79 Å². The molecule has 1 heterocycles. The first-order valence-electron chi connectivity index (χ1n) is 6.28. The molecule has 1 aromatic rings. The topological polar surface area (TPSA) is 70.0 Å². The molecule has 1 aliphatic heterocycles. The van der Waals surface area contributed by atoms with Gasteiger partial charge in [0.25, 0.3) is 0 Å². The Morgan fingerprint density at radius 1 is 1.45 bits per heavy atom. The van der Waals surface area contributed by atoms with Crippen molar-refractivity contribution in [2.75, 3.05) is 10.7 Å². The number of rotatable bonds is 2. The molecule has 2 rings (SSSR count). The maximum Gasteiger partial charge on any atom is 0.433 e. The molecular weight excluding hydrogens is 276 g/mol. The third-order valence-corrected chi connectivity index (χ3v) is 3.93. The maximum atomic E-state index is 12.1. The fraction of sp³-hybridized carbons (Fsp3) is 0.357. The van der Waals surface area contributed by atoms with Crippen LogP contribution in [0.1, 0.15) is 30.9 Å². The van der Waals surface area contributed by atoms with Crippen molar-refractivity contribution in [3.8, 4) is 0 Å². The number of carbonyl (C=O) groups excluding carboxylic acids is 1. The van der Waals surface area contributed by atoms with E-state index in [9.17, 15) is 9.59 Å². The minimum absolute atomic E-state index is 0.137. The van der Waals surface area contributed by atoms with E-state index in [1.54, 1.807) is 0 Å². The molecule has 0 unspecified atom stereocenters. The molecule has 5 nitrogen and oxygen atoms in total. The number of nitrogens with zero attached hydrogens (tertiary/aromatic N) is 2. The third-order valence-electron chi connectivity index (χ3n) is 3.01. The van der Waals surface area contributed by atoms with Crippen LogP contribution in [0.2, 0.25) is 0 Å². The molecule has 20 heavy (non-hydrogen) atoms. The Bertz CT molecular complexity index is 596. The average molecular weight is 292 g/mol. The van der Waals surface area contributed by atoms with E-state index in [2.05, 4.69) is 4.99 Å². The van der Waals surface area contributed by atoms with Crippen LogP contribution in [-0.2, 0) is 4.79 Å². The third kappa shape index (κ3) is 2.85. The summed E-state index contributed by atoms with van der Waals surface area (Å²) in [5, 5.41) is 9.05. The second kappa shape index (κ2) is 5.66. The van der Waals surface area contributed by atoms with Crippen molar-refractivity contribution in [2.24, 2.45) is 4.99 Å². The first kappa shape index (κ1) is 14.6. The van der Waals surface area contributed by atoms with Gasteiger partial charge in [-0.3, -0.25) is 9.69 Å². The van der Waals surface area contributed by atoms with Gasteiger partial charge in [0.1, 0.15) is 0 Å². The summed E-state index contributed by atoms with van der Waals surface area (Å²) >= 11 is 1.15. The number of anilines is 1. The Morgan fingerprint density at radius 2 is 2.15 bits per heavy atom. The van der Waals surface area contributed by atoms with Crippen LogP contribution in [-0.4, -0.2) is 28.0 Å². The molecule has 1 aromatic carbocycles. The molecule has 0 spiro atoms. The van der Waals surface area contributed by atoms with Gasteiger partial charge in [-0.05, 0) is 30.0 Å². The zero-order valence-electron chi connectivity index (χ0n) is 11.6. The largest absolute Gasteiger partial charge is 0.463 e. The number of amidine groups is 1. The minimum atomic E-state index is -1.29. The number of hydrogen-bond donors (Lipinski definition) is 1. The van der Waals surface area contributed by atoms with Gasteiger partial charge >= 0.3 is 6.09 Å². The van der Waals surface area contributed by atoms with Gasteiger partial charge in [-0.1, -0.05) is 37.7 Å². The SMILES string of the molecule is Cc1ccc(C(C)C)c(N2C(=O)CS/C2=N/C(=O)O)c1. The quantitative estimate of drug-likeness (QED) is 0.908. The maximum absolute atomic E-state index is 12.1. The molecule has 1 saturated heterocycles. The summed E-state index contributed by atoms with van der Waals surface area (Å²) in [7, 11) is 0. The smallest absolute Gasteiger partial charge is 0.433 e. The Kier molecular flexibility index (Phi) is 4.13. The predicted molar refractivity (Wildman–Crippen MR) is 80.7 cm³/mol. The van der Waals surface area contributed by atoms with Crippen molar-refractivity contribution in [1.29, 1.82) is 0 Å². The van der Waals surface area contributed by atoms with Gasteiger partial charge < -0.3 is 5.11 Å². The number of aliphatic imine (C=N–C) groups is 1. The molecule has 106 valence electrons. The summed E-state index contributed by atoms with van der Waals surface area (Å²) in [4.78, 5) is 27.8. The number of thioether (sulfide) groups is 1. The second-order valence-electron chi connectivity index (χ2n) is 4.91. The molecule has 0 aliphatic carbocycles. The summed E-state index contributed by atoms with van der Waals surface area (Å²) in [5.74, 6) is 0.315. The van der Waals surface area contributed by atoms with Crippen molar-refractivity contribution < 1.29 is 14.7 Å². The van der Waals surface area contributed by atoms with E-state index in [1.165, 1.54) is 4.90 Å². The number of aryl methyl sites for hydroxylation is 1. The van der Waals surface area contributed by atoms with Crippen LogP contribution in [0.5, 0.6) is 0 Å². The summed E-state index contributed by atoms with van der Waals surface area (Å²) in [6.07, 6.45) is -1.29. The number of carbonyl (C=O) groups is 2. The van der Waals surface area contributed by atoms with Crippen LogP contribution < -0.4 is 4.90 Å². The van der Waals surface area contributed by atoms with Crippen molar-refractivity contribution in [3.63, 3.8) is 0 Å². The number of hydrogen-bond acceptors (Lipinski definition) is 3. The molecule has 2 amide bonds. The summed E-state index contributed by atoms with van der Waals surface area (Å²) in [5.41, 5.74) is 2.75. The number of carboxylic acid groups (broad SMARTS) is 1. The van der Waals surface area contributed by atoms with E-state index < -0.39 is 6.09 Å². The number of amides is 2. The van der Waals surface area contributed by atoms with Crippen molar-refractivity contribution in [2.45, 2.75) is 26.7 Å². The van der Waals surface area contributed by atoms with Gasteiger partial charge in [0, 0.05) is 0 Å². The van der Waals surface area contributed by atoms with E-state index in [-0.39, 0.29) is 22.7 Å². The fourth-order valence-electron chi connectivity index (χ4n) is 2.10. The summed E-state index contributed by atoms with van der Waals surface area (Å²) in [6.45, 7) is 6.01. The van der Waals surface area contributed by atoms with Crippen LogP contribution in [0.3, 0.4) is 0 Å². The molecule has 1 aliphatic rings. The summed E-state index contributed by atoms with van der Waals surface area (Å²) in [6, 6.07) is 5.86. The van der Waals surface area contributed by atoms with Gasteiger partial charge in [0.2, 0.25) is 5.91 Å². The van der Waals surface area contributed by atoms with Crippen molar-refractivity contribution in [3.05, 3.63) is 29.3 Å². The molecule has 0 bridgehead atoms. The molecule has 1 fully saturated rings. The van der Waals surface area contributed by atoms with Gasteiger partial charge in [-0.15, -0.1) is 0 Å². The Morgan fingerprint density at radius 3 is 2.75 bits per heavy atom. The second-order valence-corrected chi connectivity index (χ2v) is 5.85. The lowest BCUT2D eigenvalue weighted by Gasteiger charge is -2.22. The molecule has 0 aromatic heterocycles. The van der Waals surface area contributed by atoms with Crippen LogP contribution >= 0.6 is 11.8 Å². The lowest BCUT2D eigenvalue weighted by molar-refractivity contribution is -0.115. The zero-order valence-corrected chi connectivity index (χ0v) is 12.4. The van der Waals surface area contributed by atoms with Crippen LogP contribution in [0.15, 0.2) is 23.2 Å². The molecule has 6 heteroatoms. The molecule has 0 atom stereocenters. The number of benzene rings is 1. The van der Waals surface area contributed by atoms with Gasteiger partial charge in [-0.2, -0.15) is 4.99 Å². The van der Waals surface area contributed by atoms with Crippen LogP contribution in [0, 0.1) is 6.92 Å². The zero-order chi connectivity index (χ0) is 14.9. The average Bonchev–Trinajstić information content (AvgIpc) is 2.69. The van der Waals surface area contributed by atoms with E-state index in [1.807, 2.05) is 39.0 Å². The monoisotopic (exact) mass is 292 g/mol. The lowest BCUT2D eigenvalue weighted by atomic mass is 9.99. The fourth-order valence-corrected chi connectivity index (χ4v) is 2.95. The van der Waals surface area contributed by atoms with Crippen molar-refractivity contribution in [1.82, 2.24) is 0 Å². The molecular formula is C14H16N2O3S. The van der Waals surface area contributed by atoms with Crippen LogP contribution in [0.25, 0.3) is 0 Å². The van der Waals surface area contributed by atoms with Crippen molar-refractivity contribution >= 4 is 34.6 Å². The molecule has 1 N–H and O–H groups in total. The highest BCUT2D eigenvalue weighted by Crippen LogP contribution is 2.34. The van der Waals surface area contributed by atoms with Crippen LogP contribution in [0.4, 0.5) is 10.5 Å². The van der Waals surface area contributed by atoms with E-state index in [4.69, 9.17) is 5.11 Å². The minimum Gasteiger partial charge on any atom is -0.463 e. The van der Waals surface area contributed by atoms with Gasteiger partial charge in [0.15, 0.2) is 5.17 Å². The highest BCUT2D eigenvalue weighted by Gasteiger charge is 2.32.